The lowest BCUT2D eigenvalue weighted by atomic mass is 10.0. The van der Waals surface area contributed by atoms with Crippen molar-refractivity contribution in [3.05, 3.63) is 124 Å². The number of ether oxygens (including phenoxy) is 1. The molecule has 6 rings (SSSR count). The smallest absolute Gasteiger partial charge is 0.398 e. The van der Waals surface area contributed by atoms with Gasteiger partial charge in [-0.05, 0) is 15.6 Å². The molecule has 194 valence electrons. The summed E-state index contributed by atoms with van der Waals surface area (Å²) in [5, 5.41) is 2.97. The molecule has 3 heterocycles. The molecule has 3 aromatic carbocycles. The molecule has 0 bridgehead atoms. The Morgan fingerprint density at radius 1 is 0.868 bits per heavy atom. The third-order valence-electron chi connectivity index (χ3n) is 7.16. The van der Waals surface area contributed by atoms with Crippen LogP contribution in [0.3, 0.4) is 0 Å². The Kier molecular flexibility index (Phi) is 6.83. The SMILES string of the molecule is CC1C2O[SiH](c3ccccc3)O[Si](c3ccccc3)(c3ccccc3)OCC2OC1n1ccc(=O)[nH]c1=O. The van der Waals surface area contributed by atoms with Crippen molar-refractivity contribution < 1.29 is 17.7 Å². The minimum absolute atomic E-state index is 0.197. The lowest BCUT2D eigenvalue weighted by Gasteiger charge is -2.40. The number of aromatic nitrogens is 2. The summed E-state index contributed by atoms with van der Waals surface area (Å²) in [6, 6.07) is 31.5. The molecule has 2 aliphatic heterocycles. The first-order valence-corrected chi connectivity index (χ1v) is 16.0. The van der Waals surface area contributed by atoms with Crippen molar-refractivity contribution in [1.29, 1.82) is 0 Å². The Morgan fingerprint density at radius 2 is 1.47 bits per heavy atom. The van der Waals surface area contributed by atoms with Gasteiger partial charge in [-0.2, -0.15) is 0 Å². The average molecular weight is 545 g/mol. The van der Waals surface area contributed by atoms with E-state index < -0.39 is 41.4 Å². The van der Waals surface area contributed by atoms with E-state index in [-0.39, 0.29) is 18.6 Å². The second kappa shape index (κ2) is 10.4. The summed E-state index contributed by atoms with van der Waals surface area (Å²) >= 11 is 0. The van der Waals surface area contributed by atoms with Crippen LogP contribution in [0.4, 0.5) is 0 Å². The third-order valence-corrected chi connectivity index (χ3v) is 13.6. The average Bonchev–Trinajstić information content (AvgIpc) is 3.24. The predicted molar refractivity (Wildman–Crippen MR) is 147 cm³/mol. The number of rotatable bonds is 4. The van der Waals surface area contributed by atoms with Gasteiger partial charge in [-0.15, -0.1) is 0 Å². The van der Waals surface area contributed by atoms with Gasteiger partial charge in [0.05, 0.1) is 12.7 Å². The second-order valence-electron chi connectivity index (χ2n) is 9.56. The molecule has 2 fully saturated rings. The van der Waals surface area contributed by atoms with E-state index in [0.717, 1.165) is 15.6 Å². The quantitative estimate of drug-likeness (QED) is 0.384. The van der Waals surface area contributed by atoms with Gasteiger partial charge in [0, 0.05) is 18.2 Å². The molecular weight excluding hydrogens is 516 g/mol. The van der Waals surface area contributed by atoms with Crippen molar-refractivity contribution in [1.82, 2.24) is 9.55 Å². The largest absolute Gasteiger partial charge is 0.407 e. The molecule has 5 unspecified atom stereocenters. The molecular formula is C28H28N2O6Si2. The molecule has 0 aliphatic carbocycles. The predicted octanol–water partition coefficient (Wildman–Crippen LogP) is 0.886. The molecule has 10 heteroatoms. The van der Waals surface area contributed by atoms with Crippen molar-refractivity contribution in [3.63, 3.8) is 0 Å². The van der Waals surface area contributed by atoms with Crippen LogP contribution in [0.15, 0.2) is 113 Å². The highest BCUT2D eigenvalue weighted by Crippen LogP contribution is 2.37. The van der Waals surface area contributed by atoms with Crippen LogP contribution in [0.5, 0.6) is 0 Å². The van der Waals surface area contributed by atoms with Crippen LogP contribution >= 0.6 is 0 Å². The fourth-order valence-corrected chi connectivity index (χ4v) is 12.3. The van der Waals surface area contributed by atoms with Gasteiger partial charge in [0.25, 0.3) is 5.56 Å². The fourth-order valence-electron chi connectivity index (χ4n) is 5.27. The molecule has 38 heavy (non-hydrogen) atoms. The monoisotopic (exact) mass is 544 g/mol. The van der Waals surface area contributed by atoms with Crippen molar-refractivity contribution in [2.24, 2.45) is 5.92 Å². The zero-order chi connectivity index (χ0) is 26.1. The fraction of sp³-hybridized carbons (Fsp3) is 0.214. The summed E-state index contributed by atoms with van der Waals surface area (Å²) in [4.78, 5) is 26.6. The van der Waals surface area contributed by atoms with Crippen molar-refractivity contribution in [3.8, 4) is 0 Å². The van der Waals surface area contributed by atoms with E-state index in [1.165, 1.54) is 16.8 Å². The molecule has 0 saturated carbocycles. The molecule has 1 aromatic heterocycles. The van der Waals surface area contributed by atoms with Gasteiger partial charge >= 0.3 is 23.5 Å². The maximum absolute atomic E-state index is 12.6. The maximum atomic E-state index is 12.6. The number of nitrogens with zero attached hydrogens (tertiary/aromatic N) is 1. The summed E-state index contributed by atoms with van der Waals surface area (Å²) in [7, 11) is -5.79. The zero-order valence-corrected chi connectivity index (χ0v) is 23.0. The highest BCUT2D eigenvalue weighted by molar-refractivity contribution is 6.96. The highest BCUT2D eigenvalue weighted by Gasteiger charge is 2.53. The Hall–Kier alpha value is -3.39. The van der Waals surface area contributed by atoms with E-state index in [4.69, 9.17) is 17.7 Å². The molecule has 4 aromatic rings. The first kappa shape index (κ1) is 24.9. The minimum atomic E-state index is -3.22. The van der Waals surface area contributed by atoms with Gasteiger partial charge in [0.2, 0.25) is 0 Å². The highest BCUT2D eigenvalue weighted by atomic mass is 28.4. The summed E-state index contributed by atoms with van der Waals surface area (Å²) in [6.07, 6.45) is 0.0497. The lowest BCUT2D eigenvalue weighted by molar-refractivity contribution is -0.0495. The van der Waals surface area contributed by atoms with Crippen LogP contribution in [0.2, 0.25) is 0 Å². The molecule has 0 radical (unpaired) electrons. The van der Waals surface area contributed by atoms with Gasteiger partial charge in [0.1, 0.15) is 12.3 Å². The van der Waals surface area contributed by atoms with Crippen molar-refractivity contribution >= 4 is 33.4 Å². The van der Waals surface area contributed by atoms with Gasteiger partial charge < -0.3 is 17.7 Å². The van der Waals surface area contributed by atoms with Gasteiger partial charge in [-0.25, -0.2) is 4.79 Å². The summed E-state index contributed by atoms with van der Waals surface area (Å²) in [6.45, 7) is 2.22. The van der Waals surface area contributed by atoms with E-state index in [1.54, 1.807) is 0 Å². The van der Waals surface area contributed by atoms with E-state index in [1.807, 2.05) is 73.7 Å². The van der Waals surface area contributed by atoms with Crippen LogP contribution in [-0.2, 0) is 17.7 Å². The Bertz CT molecular complexity index is 1460. The molecule has 8 nitrogen and oxygen atoms in total. The summed E-state index contributed by atoms with van der Waals surface area (Å²) < 4.78 is 28.8. The number of hydrogen-bond donors (Lipinski definition) is 1. The van der Waals surface area contributed by atoms with Crippen LogP contribution in [0.1, 0.15) is 13.2 Å². The van der Waals surface area contributed by atoms with E-state index in [2.05, 4.69) is 29.2 Å². The first-order chi connectivity index (χ1) is 18.5. The van der Waals surface area contributed by atoms with Crippen molar-refractivity contribution in [2.75, 3.05) is 6.61 Å². The molecule has 5 atom stereocenters. The van der Waals surface area contributed by atoms with Crippen LogP contribution in [0.25, 0.3) is 0 Å². The Labute approximate surface area is 222 Å². The number of H-pyrrole nitrogens is 1. The van der Waals surface area contributed by atoms with Crippen LogP contribution in [0, 0.1) is 5.92 Å². The summed E-state index contributed by atoms with van der Waals surface area (Å²) in [5.74, 6) is -0.197. The topological polar surface area (TPSA) is 91.8 Å². The van der Waals surface area contributed by atoms with Crippen LogP contribution in [-0.4, -0.2) is 46.2 Å². The standard InChI is InChI=1S/C28H28N2O6Si2/c1-20-26-24(34-27(20)30-18-17-25(31)29-28(30)32)19-33-38(22-13-7-3-8-14-22,23-15-9-4-10-16-23)36-37(35-26)21-11-5-2-6-12-21/h2-18,20,24,26-27,37H,19H2,1H3,(H,29,31,32). The first-order valence-electron chi connectivity index (χ1n) is 12.7. The number of benzene rings is 3. The molecule has 0 amide bonds. The maximum Gasteiger partial charge on any atom is 0.398 e. The van der Waals surface area contributed by atoms with Crippen molar-refractivity contribution in [2.45, 2.75) is 25.4 Å². The van der Waals surface area contributed by atoms with E-state index >= 15 is 0 Å². The number of hydrogen-bond acceptors (Lipinski definition) is 6. The molecule has 1 N–H and O–H groups in total. The van der Waals surface area contributed by atoms with Crippen LogP contribution < -0.4 is 26.8 Å². The van der Waals surface area contributed by atoms with Gasteiger partial charge in [-0.1, -0.05) is 97.9 Å². The van der Waals surface area contributed by atoms with E-state index in [9.17, 15) is 9.59 Å². The van der Waals surface area contributed by atoms with E-state index in [0.29, 0.717) is 0 Å². The second-order valence-corrected chi connectivity index (χ2v) is 14.8. The third kappa shape index (κ3) is 4.55. The number of nitrogens with one attached hydrogen (secondary N) is 1. The Morgan fingerprint density at radius 3 is 2.08 bits per heavy atom. The molecule has 0 spiro atoms. The number of fused-ring (bicyclic) bond motifs is 1. The molecule has 2 aliphatic rings. The normalized spacial score (nSPS) is 26.7. The summed E-state index contributed by atoms with van der Waals surface area (Å²) in [5.41, 5.74) is -0.969. The lowest BCUT2D eigenvalue weighted by Crippen LogP contribution is -2.69. The minimum Gasteiger partial charge on any atom is -0.407 e. The zero-order valence-electron chi connectivity index (χ0n) is 20.8. The Balaban J connectivity index is 1.45. The van der Waals surface area contributed by atoms with Gasteiger partial charge in [-0.3, -0.25) is 14.3 Å². The molecule has 2 saturated heterocycles. The van der Waals surface area contributed by atoms with Gasteiger partial charge in [0.15, 0.2) is 0 Å². The number of aromatic amines is 1.